The molecule has 0 saturated carbocycles. The Kier molecular flexibility index (Phi) is 5.28. The molecule has 1 amide bonds. The molecule has 0 fully saturated rings. The van der Waals surface area contributed by atoms with Gasteiger partial charge in [-0.15, -0.1) is 0 Å². The van der Waals surface area contributed by atoms with Crippen molar-refractivity contribution in [2.45, 2.75) is 18.5 Å². The van der Waals surface area contributed by atoms with Gasteiger partial charge in [-0.1, -0.05) is 23.7 Å². The van der Waals surface area contributed by atoms with E-state index < -0.39 is 27.3 Å². The van der Waals surface area contributed by atoms with Crippen LogP contribution in [0, 0.1) is 5.82 Å². The van der Waals surface area contributed by atoms with Gasteiger partial charge in [0.2, 0.25) is 0 Å². The van der Waals surface area contributed by atoms with Crippen LogP contribution in [-0.2, 0) is 23.0 Å². The number of alkyl halides is 3. The van der Waals surface area contributed by atoms with Gasteiger partial charge in [0.1, 0.15) is 5.82 Å². The van der Waals surface area contributed by atoms with E-state index in [1.807, 2.05) is 0 Å². The molecule has 1 heterocycles. The number of hydrogen-bond acceptors (Lipinski definition) is 3. The molecule has 150 valence electrons. The molecule has 0 radical (unpaired) electrons. The van der Waals surface area contributed by atoms with Gasteiger partial charge in [0, 0.05) is 23.8 Å². The molecule has 28 heavy (non-hydrogen) atoms. The maximum atomic E-state index is 14.1. The topological polar surface area (TPSA) is 66.5 Å². The van der Waals surface area contributed by atoms with Gasteiger partial charge < -0.3 is 4.90 Å². The van der Waals surface area contributed by atoms with Crippen LogP contribution in [0.4, 0.5) is 23.2 Å². The SMILES string of the molecule is O=C1c2c(F)ccc(Cl)c2CCN1Cc1ccc(NS(=O)(=O)C(F)(F)F)cc1. The van der Waals surface area contributed by atoms with Crippen molar-refractivity contribution in [3.63, 3.8) is 0 Å². The second kappa shape index (κ2) is 7.25. The van der Waals surface area contributed by atoms with Gasteiger partial charge in [0.15, 0.2) is 0 Å². The van der Waals surface area contributed by atoms with E-state index in [1.165, 1.54) is 27.8 Å². The van der Waals surface area contributed by atoms with Crippen molar-refractivity contribution < 1.29 is 30.8 Å². The molecule has 11 heteroatoms. The van der Waals surface area contributed by atoms with Crippen LogP contribution in [0.2, 0.25) is 5.02 Å². The Hall–Kier alpha value is -2.33. The summed E-state index contributed by atoms with van der Waals surface area (Å²) in [7, 11) is -5.51. The van der Waals surface area contributed by atoms with Crippen LogP contribution in [-0.4, -0.2) is 31.3 Å². The lowest BCUT2D eigenvalue weighted by Gasteiger charge is -2.29. The number of halogens is 5. The van der Waals surface area contributed by atoms with Crippen molar-refractivity contribution in [3.8, 4) is 0 Å². The van der Waals surface area contributed by atoms with Crippen molar-refractivity contribution in [2.24, 2.45) is 0 Å². The monoisotopic (exact) mass is 436 g/mol. The number of amides is 1. The van der Waals surface area contributed by atoms with E-state index in [-0.39, 0.29) is 24.3 Å². The largest absolute Gasteiger partial charge is 0.516 e. The standard InChI is InChI=1S/C17H13ClF4N2O3S/c18-13-5-6-14(19)15-12(13)7-8-24(16(15)25)9-10-1-3-11(4-2-10)23-28(26,27)17(20,21)22/h1-6,23H,7-9H2. The number of rotatable bonds is 4. The van der Waals surface area contributed by atoms with Gasteiger partial charge in [-0.25, -0.2) is 4.39 Å². The Morgan fingerprint density at radius 3 is 2.36 bits per heavy atom. The molecule has 1 aliphatic heterocycles. The second-order valence-electron chi connectivity index (χ2n) is 6.11. The summed E-state index contributed by atoms with van der Waals surface area (Å²) in [4.78, 5) is 14.0. The number of sulfonamides is 1. The number of carbonyl (C=O) groups is 1. The second-order valence-corrected chi connectivity index (χ2v) is 8.19. The number of nitrogens with one attached hydrogen (secondary N) is 1. The first-order valence-corrected chi connectivity index (χ1v) is 9.80. The number of fused-ring (bicyclic) bond motifs is 1. The first kappa shape index (κ1) is 20.4. The fourth-order valence-electron chi connectivity index (χ4n) is 2.84. The highest BCUT2D eigenvalue weighted by molar-refractivity contribution is 7.93. The molecule has 0 spiro atoms. The van der Waals surface area contributed by atoms with Crippen LogP contribution in [0.1, 0.15) is 21.5 Å². The zero-order valence-electron chi connectivity index (χ0n) is 14.1. The van der Waals surface area contributed by atoms with E-state index in [0.29, 0.717) is 22.6 Å². The van der Waals surface area contributed by atoms with Crippen LogP contribution in [0.15, 0.2) is 36.4 Å². The van der Waals surface area contributed by atoms with E-state index in [1.54, 1.807) is 0 Å². The molecule has 2 aromatic rings. The third-order valence-electron chi connectivity index (χ3n) is 4.22. The average Bonchev–Trinajstić information content (AvgIpc) is 2.60. The zero-order chi connectivity index (χ0) is 20.7. The summed E-state index contributed by atoms with van der Waals surface area (Å²) in [6.07, 6.45) is 0.362. The maximum absolute atomic E-state index is 14.1. The summed E-state index contributed by atoms with van der Waals surface area (Å²) in [6.45, 7) is 0.369. The molecule has 0 saturated heterocycles. The molecular formula is C17H13ClF4N2O3S. The molecule has 5 nitrogen and oxygen atoms in total. The average molecular weight is 437 g/mol. The highest BCUT2D eigenvalue weighted by Crippen LogP contribution is 2.29. The zero-order valence-corrected chi connectivity index (χ0v) is 15.6. The van der Waals surface area contributed by atoms with Crippen LogP contribution in [0.5, 0.6) is 0 Å². The third-order valence-corrected chi connectivity index (χ3v) is 5.69. The molecule has 2 aromatic carbocycles. The molecule has 1 aliphatic rings. The molecule has 0 bridgehead atoms. The molecular weight excluding hydrogens is 424 g/mol. The first-order chi connectivity index (χ1) is 13.0. The molecule has 3 rings (SSSR count). The Balaban J connectivity index is 1.75. The summed E-state index contributed by atoms with van der Waals surface area (Å²) in [5, 5.41) is 0.311. The maximum Gasteiger partial charge on any atom is 0.516 e. The number of benzene rings is 2. The number of anilines is 1. The van der Waals surface area contributed by atoms with Crippen LogP contribution in [0.25, 0.3) is 0 Å². The smallest absolute Gasteiger partial charge is 0.334 e. The number of hydrogen-bond donors (Lipinski definition) is 1. The summed E-state index contributed by atoms with van der Waals surface area (Å²) < 4.78 is 74.9. The Morgan fingerprint density at radius 1 is 1.11 bits per heavy atom. The predicted octanol–water partition coefficient (Wildman–Crippen LogP) is 3.94. The number of carbonyl (C=O) groups excluding carboxylic acids is 1. The van der Waals surface area contributed by atoms with Gasteiger partial charge in [0.05, 0.1) is 5.56 Å². The van der Waals surface area contributed by atoms with Gasteiger partial charge in [0.25, 0.3) is 5.91 Å². The van der Waals surface area contributed by atoms with Gasteiger partial charge >= 0.3 is 15.5 Å². The Bertz CT molecular complexity index is 1020. The van der Waals surface area contributed by atoms with Crippen molar-refractivity contribution >= 4 is 33.2 Å². The lowest BCUT2D eigenvalue weighted by atomic mass is 9.98. The van der Waals surface area contributed by atoms with Crippen molar-refractivity contribution in [1.82, 2.24) is 4.90 Å². The van der Waals surface area contributed by atoms with E-state index >= 15 is 0 Å². The Labute approximate surface area is 163 Å². The summed E-state index contributed by atoms with van der Waals surface area (Å²) in [5.74, 6) is -1.21. The predicted molar refractivity (Wildman–Crippen MR) is 94.9 cm³/mol. The van der Waals surface area contributed by atoms with Crippen molar-refractivity contribution in [3.05, 3.63) is 63.9 Å². The molecule has 0 unspecified atom stereocenters. The van der Waals surface area contributed by atoms with Crippen LogP contribution in [0.3, 0.4) is 0 Å². The lowest BCUT2D eigenvalue weighted by molar-refractivity contribution is -0.0429. The van der Waals surface area contributed by atoms with Gasteiger partial charge in [-0.05, 0) is 41.8 Å². The Morgan fingerprint density at radius 2 is 1.75 bits per heavy atom. The lowest BCUT2D eigenvalue weighted by Crippen LogP contribution is -2.38. The van der Waals surface area contributed by atoms with E-state index in [2.05, 4.69) is 0 Å². The molecule has 0 atom stereocenters. The quantitative estimate of drug-likeness (QED) is 0.738. The fraction of sp³-hybridized carbons (Fsp3) is 0.235. The minimum atomic E-state index is -5.51. The van der Waals surface area contributed by atoms with Crippen molar-refractivity contribution in [1.29, 1.82) is 0 Å². The summed E-state index contributed by atoms with van der Waals surface area (Å²) in [5.41, 5.74) is -4.80. The van der Waals surface area contributed by atoms with E-state index in [9.17, 15) is 30.8 Å². The minimum Gasteiger partial charge on any atom is -0.334 e. The molecule has 0 aliphatic carbocycles. The summed E-state index contributed by atoms with van der Waals surface area (Å²) >= 11 is 6.02. The highest BCUT2D eigenvalue weighted by atomic mass is 35.5. The van der Waals surface area contributed by atoms with Gasteiger partial charge in [-0.2, -0.15) is 21.6 Å². The van der Waals surface area contributed by atoms with Crippen LogP contribution < -0.4 is 4.72 Å². The van der Waals surface area contributed by atoms with E-state index in [0.717, 1.165) is 18.2 Å². The van der Waals surface area contributed by atoms with Gasteiger partial charge in [-0.3, -0.25) is 9.52 Å². The number of nitrogens with zero attached hydrogens (tertiary/aromatic N) is 1. The van der Waals surface area contributed by atoms with Crippen molar-refractivity contribution in [2.75, 3.05) is 11.3 Å². The highest BCUT2D eigenvalue weighted by Gasteiger charge is 2.46. The summed E-state index contributed by atoms with van der Waals surface area (Å²) in [6, 6.07) is 7.57. The fourth-order valence-corrected chi connectivity index (χ4v) is 3.65. The minimum absolute atomic E-state index is 0.0799. The molecule has 0 aromatic heterocycles. The first-order valence-electron chi connectivity index (χ1n) is 7.94. The third kappa shape index (κ3) is 3.93. The van der Waals surface area contributed by atoms with E-state index in [4.69, 9.17) is 11.6 Å². The normalized spacial score (nSPS) is 14.8. The molecule has 1 N–H and O–H groups in total. The van der Waals surface area contributed by atoms with Crippen LogP contribution >= 0.6 is 11.6 Å².